The highest BCUT2D eigenvalue weighted by Gasteiger charge is 2.27. The molecule has 0 aliphatic heterocycles. The molecule has 1 atom stereocenters. The van der Waals surface area contributed by atoms with E-state index in [1.165, 1.54) is 0 Å². The van der Waals surface area contributed by atoms with E-state index in [4.69, 9.17) is 13.6 Å². The molecule has 0 saturated carbocycles. The molecule has 0 aromatic rings. The van der Waals surface area contributed by atoms with Crippen molar-refractivity contribution in [1.82, 2.24) is 0 Å². The summed E-state index contributed by atoms with van der Waals surface area (Å²) >= 11 is 0. The van der Waals surface area contributed by atoms with Gasteiger partial charge in [-0.25, -0.2) is 4.79 Å². The number of hydrogen-bond acceptors (Lipinski definition) is 4. The highest BCUT2D eigenvalue weighted by atomic mass is 28.3. The van der Waals surface area contributed by atoms with Gasteiger partial charge in [0.15, 0.2) is 0 Å². The molecule has 0 aromatic heterocycles. The van der Waals surface area contributed by atoms with Crippen LogP contribution in [0.4, 0.5) is 0 Å². The summed E-state index contributed by atoms with van der Waals surface area (Å²) in [5, 5.41) is 0. The van der Waals surface area contributed by atoms with Crippen LogP contribution in [0.5, 0.6) is 0 Å². The van der Waals surface area contributed by atoms with Gasteiger partial charge in [0.05, 0.1) is 0 Å². The molecule has 13 heavy (non-hydrogen) atoms. The summed E-state index contributed by atoms with van der Waals surface area (Å²) in [6, 6.07) is 0. The first kappa shape index (κ1) is 12.3. The van der Waals surface area contributed by atoms with Gasteiger partial charge in [0.2, 0.25) is 0 Å². The number of rotatable bonds is 6. The Kier molecular flexibility index (Phi) is 6.48. The van der Waals surface area contributed by atoms with Crippen molar-refractivity contribution in [2.45, 2.75) is 19.1 Å². The minimum absolute atomic E-state index is 0.287. The first-order chi connectivity index (χ1) is 6.19. The van der Waals surface area contributed by atoms with Crippen LogP contribution in [0.1, 0.15) is 13.3 Å². The molecule has 0 aliphatic rings. The van der Waals surface area contributed by atoms with E-state index in [1.54, 1.807) is 14.2 Å². The molecule has 75 valence electrons. The molecule has 0 fully saturated rings. The maximum atomic E-state index is 10.9. The SMILES string of the molecule is C=CC(=O)OC(CC)[Si](OC)OC. The summed E-state index contributed by atoms with van der Waals surface area (Å²) in [6.07, 6.45) is 1.81. The fourth-order valence-corrected chi connectivity index (χ4v) is 2.07. The van der Waals surface area contributed by atoms with Crippen molar-refractivity contribution in [2.75, 3.05) is 14.2 Å². The number of ether oxygens (including phenoxy) is 1. The van der Waals surface area contributed by atoms with Crippen LogP contribution >= 0.6 is 0 Å². The third-order valence-corrected chi connectivity index (χ3v) is 3.32. The fraction of sp³-hybridized carbons (Fsp3) is 0.625. The fourth-order valence-electron chi connectivity index (χ4n) is 0.833. The standard InChI is InChI=1S/C8H15O4Si/c1-5-7(9)12-8(6-2)13(10-3)11-4/h5,8H,1,6H2,2-4H3. The largest absolute Gasteiger partial charge is 0.457 e. The van der Waals surface area contributed by atoms with E-state index in [2.05, 4.69) is 6.58 Å². The Hall–Kier alpha value is -0.653. The molecule has 1 unspecified atom stereocenters. The Balaban J connectivity index is 4.14. The second-order valence-electron chi connectivity index (χ2n) is 2.27. The molecule has 0 aliphatic carbocycles. The lowest BCUT2D eigenvalue weighted by Gasteiger charge is -2.19. The summed E-state index contributed by atoms with van der Waals surface area (Å²) < 4.78 is 15.2. The predicted molar refractivity (Wildman–Crippen MR) is 50.1 cm³/mol. The Morgan fingerprint density at radius 2 is 2.08 bits per heavy atom. The van der Waals surface area contributed by atoms with Crippen LogP contribution in [-0.2, 0) is 18.4 Å². The van der Waals surface area contributed by atoms with Crippen molar-refractivity contribution < 1.29 is 18.4 Å². The topological polar surface area (TPSA) is 44.8 Å². The van der Waals surface area contributed by atoms with Gasteiger partial charge in [-0.05, 0) is 6.42 Å². The second-order valence-corrected chi connectivity index (χ2v) is 4.36. The van der Waals surface area contributed by atoms with E-state index >= 15 is 0 Å². The zero-order valence-electron chi connectivity index (χ0n) is 8.20. The quantitative estimate of drug-likeness (QED) is 0.364. The van der Waals surface area contributed by atoms with E-state index in [1.807, 2.05) is 6.92 Å². The van der Waals surface area contributed by atoms with Crippen molar-refractivity contribution in [3.8, 4) is 0 Å². The van der Waals surface area contributed by atoms with Gasteiger partial charge in [-0.1, -0.05) is 13.5 Å². The summed E-state index contributed by atoms with van der Waals surface area (Å²) in [5.41, 5.74) is -0.287. The van der Waals surface area contributed by atoms with Gasteiger partial charge in [-0.15, -0.1) is 0 Å². The van der Waals surface area contributed by atoms with Crippen molar-refractivity contribution >= 4 is 15.3 Å². The van der Waals surface area contributed by atoms with E-state index < -0.39 is 15.3 Å². The number of esters is 1. The predicted octanol–water partition coefficient (Wildman–Crippen LogP) is 0.814. The van der Waals surface area contributed by atoms with Crippen LogP contribution in [0, 0.1) is 0 Å². The van der Waals surface area contributed by atoms with E-state index in [-0.39, 0.29) is 5.73 Å². The molecule has 1 radical (unpaired) electrons. The molecule has 0 saturated heterocycles. The van der Waals surface area contributed by atoms with Gasteiger partial charge in [0.1, 0.15) is 5.73 Å². The Bertz CT molecular complexity index is 168. The van der Waals surface area contributed by atoms with Crippen molar-refractivity contribution in [3.05, 3.63) is 12.7 Å². The minimum Gasteiger partial charge on any atom is -0.457 e. The third-order valence-electron chi connectivity index (χ3n) is 1.46. The lowest BCUT2D eigenvalue weighted by atomic mass is 10.5. The van der Waals surface area contributed by atoms with E-state index in [0.717, 1.165) is 6.08 Å². The average molecular weight is 203 g/mol. The maximum Gasteiger partial charge on any atom is 0.429 e. The number of carbonyl (C=O) groups excluding carboxylic acids is 1. The lowest BCUT2D eigenvalue weighted by Crippen LogP contribution is -2.38. The number of hydrogen-bond donors (Lipinski definition) is 0. The van der Waals surface area contributed by atoms with Crippen LogP contribution in [0.2, 0.25) is 0 Å². The Morgan fingerprint density at radius 1 is 1.54 bits per heavy atom. The van der Waals surface area contributed by atoms with E-state index in [9.17, 15) is 4.79 Å². The van der Waals surface area contributed by atoms with Crippen LogP contribution in [0.15, 0.2) is 12.7 Å². The average Bonchev–Trinajstić information content (AvgIpc) is 2.17. The summed E-state index contributed by atoms with van der Waals surface area (Å²) in [6.45, 7) is 5.22. The molecule has 0 spiro atoms. The third kappa shape index (κ3) is 4.21. The van der Waals surface area contributed by atoms with Gasteiger partial charge in [0.25, 0.3) is 0 Å². The minimum atomic E-state index is -1.51. The number of carbonyl (C=O) groups is 1. The lowest BCUT2D eigenvalue weighted by molar-refractivity contribution is -0.140. The van der Waals surface area contributed by atoms with Gasteiger partial charge >= 0.3 is 15.3 Å². The highest BCUT2D eigenvalue weighted by Crippen LogP contribution is 2.05. The Labute approximate surface area is 80.3 Å². The molecule has 0 rings (SSSR count). The summed E-state index contributed by atoms with van der Waals surface area (Å²) in [5.74, 6) is -0.441. The monoisotopic (exact) mass is 203 g/mol. The van der Waals surface area contributed by atoms with Crippen molar-refractivity contribution in [3.63, 3.8) is 0 Å². The molecule has 0 heterocycles. The Morgan fingerprint density at radius 3 is 2.38 bits per heavy atom. The van der Waals surface area contributed by atoms with Gasteiger partial charge in [-0.2, -0.15) is 0 Å². The normalized spacial score (nSPS) is 12.6. The smallest absolute Gasteiger partial charge is 0.429 e. The molecule has 0 N–H and O–H groups in total. The van der Waals surface area contributed by atoms with Crippen LogP contribution in [0.3, 0.4) is 0 Å². The first-order valence-electron chi connectivity index (χ1n) is 3.97. The zero-order chi connectivity index (χ0) is 10.3. The summed E-state index contributed by atoms with van der Waals surface area (Å²) in [7, 11) is 1.58. The summed E-state index contributed by atoms with van der Waals surface area (Å²) in [4.78, 5) is 10.9. The van der Waals surface area contributed by atoms with Crippen molar-refractivity contribution in [1.29, 1.82) is 0 Å². The molecule has 0 amide bonds. The molecular formula is C8H15O4Si. The molecule has 0 aromatic carbocycles. The van der Waals surface area contributed by atoms with Crippen molar-refractivity contribution in [2.24, 2.45) is 0 Å². The maximum absolute atomic E-state index is 10.9. The van der Waals surface area contributed by atoms with Gasteiger partial charge in [0, 0.05) is 20.3 Å². The highest BCUT2D eigenvalue weighted by molar-refractivity contribution is 6.46. The molecular weight excluding hydrogens is 188 g/mol. The van der Waals surface area contributed by atoms with Crippen LogP contribution in [0.25, 0.3) is 0 Å². The molecule has 4 nitrogen and oxygen atoms in total. The van der Waals surface area contributed by atoms with Crippen LogP contribution in [-0.4, -0.2) is 35.2 Å². The second kappa shape index (κ2) is 6.82. The van der Waals surface area contributed by atoms with E-state index in [0.29, 0.717) is 6.42 Å². The zero-order valence-corrected chi connectivity index (χ0v) is 9.20. The molecule has 5 heteroatoms. The first-order valence-corrected chi connectivity index (χ1v) is 5.36. The van der Waals surface area contributed by atoms with Gasteiger partial charge < -0.3 is 13.6 Å². The van der Waals surface area contributed by atoms with Crippen LogP contribution < -0.4 is 0 Å². The van der Waals surface area contributed by atoms with Gasteiger partial charge in [-0.3, -0.25) is 0 Å². The molecule has 0 bridgehead atoms.